The van der Waals surface area contributed by atoms with Gasteiger partial charge in [-0.3, -0.25) is 4.79 Å². The van der Waals surface area contributed by atoms with Gasteiger partial charge in [0.25, 0.3) is 0 Å². The number of benzene rings is 1. The molecule has 1 aromatic carbocycles. The molecule has 1 aromatic rings. The summed E-state index contributed by atoms with van der Waals surface area (Å²) >= 11 is 1.88. The molecule has 3 saturated heterocycles. The minimum Gasteiger partial charge on any atom is -0.381 e. The highest BCUT2D eigenvalue weighted by molar-refractivity contribution is 8.03. The van der Waals surface area contributed by atoms with Gasteiger partial charge >= 0.3 is 0 Å². The molecule has 8 heteroatoms. The molecule has 30 heavy (non-hydrogen) atoms. The lowest BCUT2D eigenvalue weighted by atomic mass is 10.1. The molecule has 4 aliphatic heterocycles. The standard InChI is InChI=1S/C22H27N5O2S/c28-20-15-26(9-10-27(20)18-4-2-1-3-5-18)22-24-17-8-13-30-19(14-17)21(25-22)23-16-6-11-29-12-7-16/h1-5,16,23H,6-15H2. The van der Waals surface area contributed by atoms with Gasteiger partial charge in [-0.2, -0.15) is 4.99 Å². The number of hydrogen-bond acceptors (Lipinski definition) is 7. The molecule has 1 N–H and O–H groups in total. The quantitative estimate of drug-likeness (QED) is 0.806. The zero-order valence-corrected chi connectivity index (χ0v) is 17.9. The lowest BCUT2D eigenvalue weighted by Crippen LogP contribution is -2.52. The molecule has 0 aliphatic carbocycles. The molecule has 4 aliphatic rings. The van der Waals surface area contributed by atoms with Gasteiger partial charge in [-0.1, -0.05) is 18.2 Å². The van der Waals surface area contributed by atoms with Crippen LogP contribution >= 0.6 is 11.8 Å². The van der Waals surface area contributed by atoms with E-state index in [2.05, 4.69) is 5.32 Å². The number of para-hydroxylation sites is 1. The fourth-order valence-corrected chi connectivity index (χ4v) is 5.30. The molecule has 1 amide bonds. The van der Waals surface area contributed by atoms with Crippen LogP contribution in [0.4, 0.5) is 5.69 Å². The average molecular weight is 426 g/mol. The van der Waals surface area contributed by atoms with E-state index in [0.29, 0.717) is 25.1 Å². The Morgan fingerprint density at radius 1 is 1.10 bits per heavy atom. The van der Waals surface area contributed by atoms with Crippen molar-refractivity contribution in [1.82, 2.24) is 10.2 Å². The minimum atomic E-state index is 0.0866. The Balaban J connectivity index is 1.36. The number of anilines is 1. The number of piperazine rings is 1. The Kier molecular flexibility index (Phi) is 5.77. The molecule has 158 valence electrons. The van der Waals surface area contributed by atoms with Crippen molar-refractivity contribution in [1.29, 1.82) is 0 Å². The van der Waals surface area contributed by atoms with Crippen molar-refractivity contribution in [2.75, 3.05) is 43.5 Å². The summed E-state index contributed by atoms with van der Waals surface area (Å²) in [7, 11) is 0. The van der Waals surface area contributed by atoms with Crippen LogP contribution < -0.4 is 10.2 Å². The molecule has 0 atom stereocenters. The van der Waals surface area contributed by atoms with Crippen LogP contribution in [0.15, 0.2) is 51.0 Å². The second-order valence-corrected chi connectivity index (χ2v) is 9.16. The largest absolute Gasteiger partial charge is 0.381 e. The third-order valence-corrected chi connectivity index (χ3v) is 6.99. The molecule has 0 unspecified atom stereocenters. The summed E-state index contributed by atoms with van der Waals surface area (Å²) in [5.74, 6) is 2.75. The smallest absolute Gasteiger partial charge is 0.246 e. The number of rotatable bonds is 3. The first-order chi connectivity index (χ1) is 14.8. The topological polar surface area (TPSA) is 69.5 Å². The number of fused-ring (bicyclic) bond motifs is 2. The monoisotopic (exact) mass is 425 g/mol. The van der Waals surface area contributed by atoms with Gasteiger partial charge in [0, 0.05) is 60.8 Å². The van der Waals surface area contributed by atoms with Crippen LogP contribution in [0.25, 0.3) is 0 Å². The second kappa shape index (κ2) is 8.81. The molecule has 3 fully saturated rings. The molecule has 4 heterocycles. The van der Waals surface area contributed by atoms with E-state index < -0.39 is 0 Å². The maximum absolute atomic E-state index is 12.9. The predicted molar refractivity (Wildman–Crippen MR) is 121 cm³/mol. The molecular weight excluding hydrogens is 398 g/mol. The summed E-state index contributed by atoms with van der Waals surface area (Å²) in [4.78, 5) is 27.9. The number of ether oxygens (including phenoxy) is 1. The number of guanidine groups is 1. The molecule has 0 saturated carbocycles. The van der Waals surface area contributed by atoms with Crippen molar-refractivity contribution in [3.8, 4) is 0 Å². The molecule has 0 aromatic heterocycles. The van der Waals surface area contributed by atoms with Crippen LogP contribution in [0.1, 0.15) is 25.7 Å². The number of nitrogens with one attached hydrogen (secondary N) is 1. The predicted octanol–water partition coefficient (Wildman–Crippen LogP) is 2.61. The second-order valence-electron chi connectivity index (χ2n) is 7.97. The molecule has 7 nitrogen and oxygen atoms in total. The van der Waals surface area contributed by atoms with Crippen molar-refractivity contribution in [3.05, 3.63) is 41.1 Å². The number of amides is 1. The van der Waals surface area contributed by atoms with Crippen molar-refractivity contribution in [2.24, 2.45) is 9.98 Å². The van der Waals surface area contributed by atoms with E-state index in [4.69, 9.17) is 14.7 Å². The molecule has 0 radical (unpaired) electrons. The summed E-state index contributed by atoms with van der Waals surface area (Å²) in [6.45, 7) is 3.25. The Bertz CT molecular complexity index is 892. The van der Waals surface area contributed by atoms with Crippen LogP contribution in [0.3, 0.4) is 0 Å². The van der Waals surface area contributed by atoms with E-state index in [-0.39, 0.29) is 5.91 Å². The number of nitrogens with zero attached hydrogens (tertiary/aromatic N) is 4. The fourth-order valence-electron chi connectivity index (χ4n) is 4.21. The summed E-state index contributed by atoms with van der Waals surface area (Å²) in [6.07, 6.45) is 3.83. The highest BCUT2D eigenvalue weighted by atomic mass is 32.2. The first-order valence-electron chi connectivity index (χ1n) is 10.7. The molecular formula is C22H27N5O2S. The van der Waals surface area contributed by atoms with Crippen LogP contribution in [-0.2, 0) is 9.53 Å². The number of aliphatic imine (C=N–C) groups is 2. The van der Waals surface area contributed by atoms with Crippen molar-refractivity contribution in [3.63, 3.8) is 0 Å². The number of allylic oxidation sites excluding steroid dienone is 1. The lowest BCUT2D eigenvalue weighted by Gasteiger charge is -2.35. The van der Waals surface area contributed by atoms with Gasteiger partial charge in [-0.15, -0.1) is 11.8 Å². The number of carbonyl (C=O) groups is 1. The Morgan fingerprint density at radius 2 is 1.93 bits per heavy atom. The van der Waals surface area contributed by atoms with Crippen molar-refractivity contribution < 1.29 is 9.53 Å². The first kappa shape index (κ1) is 19.6. The van der Waals surface area contributed by atoms with Gasteiger partial charge in [0.15, 0.2) is 0 Å². The molecule has 0 spiro atoms. The zero-order valence-electron chi connectivity index (χ0n) is 17.0. The third-order valence-electron chi connectivity index (χ3n) is 5.90. The zero-order chi connectivity index (χ0) is 20.3. The van der Waals surface area contributed by atoms with E-state index in [1.807, 2.05) is 51.9 Å². The number of carbonyl (C=O) groups excluding carboxylic acids is 1. The minimum absolute atomic E-state index is 0.0866. The van der Waals surface area contributed by atoms with Crippen LogP contribution in [0, 0.1) is 0 Å². The highest BCUT2D eigenvalue weighted by Gasteiger charge is 2.30. The van der Waals surface area contributed by atoms with Gasteiger partial charge in [0.2, 0.25) is 11.9 Å². The van der Waals surface area contributed by atoms with Gasteiger partial charge in [-0.25, -0.2) is 4.99 Å². The summed E-state index contributed by atoms with van der Waals surface area (Å²) in [5.41, 5.74) is 2.12. The number of hydrogen-bond donors (Lipinski definition) is 1. The first-order valence-corrected chi connectivity index (χ1v) is 11.7. The SMILES string of the molecule is O=C1CN(C2=NC(NC3CCOCC3)=C3CC(=N2)CCS3)CCN1c1ccccc1. The van der Waals surface area contributed by atoms with Crippen molar-refractivity contribution in [2.45, 2.75) is 31.7 Å². The van der Waals surface area contributed by atoms with E-state index in [9.17, 15) is 4.79 Å². The van der Waals surface area contributed by atoms with Crippen LogP contribution in [0.5, 0.6) is 0 Å². The van der Waals surface area contributed by atoms with E-state index in [1.54, 1.807) is 0 Å². The molecule has 2 bridgehead atoms. The van der Waals surface area contributed by atoms with Crippen LogP contribution in [0.2, 0.25) is 0 Å². The van der Waals surface area contributed by atoms with E-state index >= 15 is 0 Å². The van der Waals surface area contributed by atoms with E-state index in [1.165, 1.54) is 10.6 Å². The van der Waals surface area contributed by atoms with Gasteiger partial charge in [0.05, 0.1) is 0 Å². The van der Waals surface area contributed by atoms with Crippen LogP contribution in [-0.4, -0.2) is 67.1 Å². The Morgan fingerprint density at radius 3 is 2.73 bits per heavy atom. The average Bonchev–Trinajstić information content (AvgIpc) is 2.90. The summed E-state index contributed by atoms with van der Waals surface area (Å²) in [6, 6.07) is 10.3. The Hall–Kier alpha value is -2.32. The Labute approximate surface area is 181 Å². The van der Waals surface area contributed by atoms with Gasteiger partial charge in [0.1, 0.15) is 12.4 Å². The van der Waals surface area contributed by atoms with E-state index in [0.717, 1.165) is 62.7 Å². The van der Waals surface area contributed by atoms with Gasteiger partial charge in [-0.05, 0) is 31.4 Å². The summed E-state index contributed by atoms with van der Waals surface area (Å²) in [5, 5.41) is 3.66. The maximum atomic E-state index is 12.9. The highest BCUT2D eigenvalue weighted by Crippen LogP contribution is 2.33. The number of thioether (sulfide) groups is 1. The van der Waals surface area contributed by atoms with Gasteiger partial charge < -0.3 is 19.9 Å². The third kappa shape index (κ3) is 4.25. The van der Waals surface area contributed by atoms with Crippen molar-refractivity contribution >= 4 is 35.0 Å². The maximum Gasteiger partial charge on any atom is 0.246 e. The molecule has 5 rings (SSSR count). The summed E-state index contributed by atoms with van der Waals surface area (Å²) < 4.78 is 5.50. The fraction of sp³-hybridized carbons (Fsp3) is 0.500. The normalized spacial score (nSPS) is 23.1. The lowest BCUT2D eigenvalue weighted by molar-refractivity contribution is -0.120.